The van der Waals surface area contributed by atoms with Crippen LogP contribution in [0.15, 0.2) is 40.9 Å². The van der Waals surface area contributed by atoms with Gasteiger partial charge in [-0.25, -0.2) is 0 Å². The Bertz CT molecular complexity index is 649. The van der Waals surface area contributed by atoms with Gasteiger partial charge in [-0.1, -0.05) is 53.3 Å². The van der Waals surface area contributed by atoms with Crippen molar-refractivity contribution >= 4 is 47.0 Å². The molecule has 1 heterocycles. The first kappa shape index (κ1) is 13.5. The van der Waals surface area contributed by atoms with E-state index < -0.39 is 8.07 Å². The van der Waals surface area contributed by atoms with Crippen LogP contribution in [0.3, 0.4) is 0 Å². The van der Waals surface area contributed by atoms with Gasteiger partial charge in [-0.3, -0.25) is 0 Å². The molecule has 0 amide bonds. The van der Waals surface area contributed by atoms with E-state index in [4.69, 9.17) is 0 Å². The summed E-state index contributed by atoms with van der Waals surface area (Å²) in [6.07, 6.45) is 1.06. The van der Waals surface area contributed by atoms with Crippen LogP contribution >= 0.6 is 28.6 Å². The number of hydrogen-bond donors (Lipinski definition) is 1. The molecule has 19 heavy (non-hydrogen) atoms. The maximum atomic E-state index is 4.35. The summed E-state index contributed by atoms with van der Waals surface area (Å²) in [5.74, 6) is 0.916. The monoisotopic (exact) mass is 348 g/mol. The lowest BCUT2D eigenvalue weighted by atomic mass is 10.0. The molecule has 0 spiro atoms. The van der Waals surface area contributed by atoms with E-state index in [0.29, 0.717) is 0 Å². The molecular weight excluding hydrogens is 332 g/mol. The summed E-state index contributed by atoms with van der Waals surface area (Å²) in [6, 6.07) is 13.7. The number of hydrogen-bond acceptors (Lipinski definition) is 1. The molecule has 1 aliphatic rings. The quantitative estimate of drug-likeness (QED) is 0.620. The van der Waals surface area contributed by atoms with Crippen molar-refractivity contribution in [3.63, 3.8) is 0 Å². The molecule has 2 aromatic rings. The maximum Gasteiger partial charge on any atom is 0.113 e. The molecule has 0 atom stereocenters. The van der Waals surface area contributed by atoms with Crippen LogP contribution in [0, 0.1) is 0 Å². The van der Waals surface area contributed by atoms with Gasteiger partial charge in [0, 0.05) is 4.47 Å². The van der Waals surface area contributed by atoms with E-state index in [-0.39, 0.29) is 0 Å². The van der Waals surface area contributed by atoms with Gasteiger partial charge in [-0.05, 0) is 51.4 Å². The van der Waals surface area contributed by atoms with Gasteiger partial charge < -0.3 is 0 Å². The average Bonchev–Trinajstić information content (AvgIpc) is 2.59. The minimum absolute atomic E-state index is 0.916. The molecule has 3 heteroatoms. The third kappa shape index (κ3) is 2.12. The highest BCUT2D eigenvalue weighted by Gasteiger charge is 2.37. The van der Waals surface area contributed by atoms with E-state index in [9.17, 15) is 0 Å². The van der Waals surface area contributed by atoms with Crippen molar-refractivity contribution in [2.24, 2.45) is 0 Å². The van der Waals surface area contributed by atoms with Crippen LogP contribution in [0.2, 0.25) is 13.1 Å². The summed E-state index contributed by atoms with van der Waals surface area (Å²) in [7, 11) is -1.53. The third-order valence-corrected chi connectivity index (χ3v) is 8.34. The number of fused-ring (bicyclic) bond motifs is 3. The van der Waals surface area contributed by atoms with Crippen LogP contribution in [0.25, 0.3) is 11.1 Å². The summed E-state index contributed by atoms with van der Waals surface area (Å²) in [4.78, 5) is 0. The molecule has 3 rings (SSSR count). The zero-order valence-electron chi connectivity index (χ0n) is 11.2. The number of rotatable bonds is 2. The molecule has 0 aliphatic carbocycles. The Kier molecular flexibility index (Phi) is 3.40. The molecule has 0 saturated carbocycles. The Labute approximate surface area is 129 Å². The van der Waals surface area contributed by atoms with E-state index in [1.807, 2.05) is 0 Å². The second kappa shape index (κ2) is 4.79. The van der Waals surface area contributed by atoms with Gasteiger partial charge in [-0.2, -0.15) is 12.6 Å². The number of benzene rings is 2. The Morgan fingerprint density at radius 3 is 2.32 bits per heavy atom. The minimum Gasteiger partial charge on any atom is -0.179 e. The molecule has 0 nitrogen and oxygen atoms in total. The van der Waals surface area contributed by atoms with Gasteiger partial charge in [0.1, 0.15) is 8.07 Å². The van der Waals surface area contributed by atoms with Gasteiger partial charge in [-0.15, -0.1) is 0 Å². The van der Waals surface area contributed by atoms with Crippen molar-refractivity contribution in [3.05, 3.63) is 46.4 Å². The second-order valence-corrected chi connectivity index (χ2v) is 11.4. The second-order valence-electron chi connectivity index (χ2n) is 5.67. The molecular formula is C16H17BrSSi. The molecule has 0 bridgehead atoms. The normalized spacial score (nSPS) is 15.2. The first-order chi connectivity index (χ1) is 9.04. The van der Waals surface area contributed by atoms with E-state index >= 15 is 0 Å². The first-order valence-corrected chi connectivity index (χ1v) is 11.0. The molecule has 0 aromatic heterocycles. The van der Waals surface area contributed by atoms with Crippen LogP contribution < -0.4 is 10.4 Å². The lowest BCUT2D eigenvalue weighted by Crippen LogP contribution is -2.49. The fourth-order valence-corrected chi connectivity index (χ4v) is 7.01. The average molecular weight is 349 g/mol. The van der Waals surface area contributed by atoms with Gasteiger partial charge in [0.25, 0.3) is 0 Å². The van der Waals surface area contributed by atoms with Gasteiger partial charge in [0.15, 0.2) is 0 Å². The highest BCUT2D eigenvalue weighted by molar-refractivity contribution is 9.10. The largest absolute Gasteiger partial charge is 0.179 e. The lowest BCUT2D eigenvalue weighted by Gasteiger charge is -2.19. The summed E-state index contributed by atoms with van der Waals surface area (Å²) in [6.45, 7) is 4.91. The fraction of sp³-hybridized carbons (Fsp3) is 0.250. The Morgan fingerprint density at radius 2 is 1.63 bits per heavy atom. The highest BCUT2D eigenvalue weighted by Crippen LogP contribution is 2.30. The standard InChI is InChI=1S/C16H17BrSSi/c1-19(2)15-9-11(7-8-18)3-5-13(15)14-6-4-12(17)10-16(14)19/h3-6,9-10,18H,7-8H2,1-2H3. The Balaban J connectivity index is 2.22. The van der Waals surface area contributed by atoms with Gasteiger partial charge >= 0.3 is 0 Å². The van der Waals surface area contributed by atoms with Gasteiger partial charge in [0.05, 0.1) is 0 Å². The van der Waals surface area contributed by atoms with Crippen molar-refractivity contribution in [1.29, 1.82) is 0 Å². The Morgan fingerprint density at radius 1 is 1.00 bits per heavy atom. The van der Waals surface area contributed by atoms with Crippen LogP contribution in [0.5, 0.6) is 0 Å². The third-order valence-electron chi connectivity index (χ3n) is 4.10. The van der Waals surface area contributed by atoms with Crippen LogP contribution in [0.1, 0.15) is 5.56 Å². The summed E-state index contributed by atoms with van der Waals surface area (Å²) >= 11 is 7.96. The summed E-state index contributed by atoms with van der Waals surface area (Å²) < 4.78 is 1.19. The zero-order chi connectivity index (χ0) is 13.6. The SMILES string of the molecule is C[Si]1(C)c2cc(Br)ccc2-c2ccc(CCS)cc21. The fourth-order valence-electron chi connectivity index (χ4n) is 3.04. The van der Waals surface area contributed by atoms with Crippen LogP contribution in [-0.4, -0.2) is 13.8 Å². The molecule has 0 fully saturated rings. The topological polar surface area (TPSA) is 0 Å². The van der Waals surface area contributed by atoms with E-state index in [0.717, 1.165) is 12.2 Å². The molecule has 1 aliphatic heterocycles. The smallest absolute Gasteiger partial charge is 0.113 e. The number of aryl methyl sites for hydroxylation is 1. The van der Waals surface area contributed by atoms with Crippen LogP contribution in [-0.2, 0) is 6.42 Å². The van der Waals surface area contributed by atoms with Crippen molar-refractivity contribution in [2.45, 2.75) is 19.5 Å². The number of halogens is 1. The van der Waals surface area contributed by atoms with Crippen molar-refractivity contribution < 1.29 is 0 Å². The minimum atomic E-state index is -1.53. The summed E-state index contributed by atoms with van der Waals surface area (Å²) in [5, 5.41) is 3.14. The summed E-state index contributed by atoms with van der Waals surface area (Å²) in [5.41, 5.74) is 4.30. The molecule has 98 valence electrons. The van der Waals surface area contributed by atoms with E-state index in [1.54, 1.807) is 10.4 Å². The molecule has 0 unspecified atom stereocenters. The predicted molar refractivity (Wildman–Crippen MR) is 93.9 cm³/mol. The lowest BCUT2D eigenvalue weighted by molar-refractivity contribution is 1.17. The van der Waals surface area contributed by atoms with Gasteiger partial charge in [0.2, 0.25) is 0 Å². The number of thiol groups is 1. The zero-order valence-corrected chi connectivity index (χ0v) is 14.7. The predicted octanol–water partition coefficient (Wildman–Crippen LogP) is 3.72. The molecule has 0 radical (unpaired) electrons. The van der Waals surface area contributed by atoms with Crippen molar-refractivity contribution in [2.75, 3.05) is 5.75 Å². The maximum absolute atomic E-state index is 4.35. The van der Waals surface area contributed by atoms with Crippen molar-refractivity contribution in [3.8, 4) is 11.1 Å². The first-order valence-electron chi connectivity index (χ1n) is 6.58. The van der Waals surface area contributed by atoms with Crippen molar-refractivity contribution in [1.82, 2.24) is 0 Å². The van der Waals surface area contributed by atoms with E-state index in [2.05, 4.69) is 78.1 Å². The Hall–Kier alpha value is -0.513. The van der Waals surface area contributed by atoms with Crippen LogP contribution in [0.4, 0.5) is 0 Å². The molecule has 2 aromatic carbocycles. The van der Waals surface area contributed by atoms with E-state index in [1.165, 1.54) is 21.2 Å². The molecule has 0 saturated heterocycles. The molecule has 0 N–H and O–H groups in total. The highest BCUT2D eigenvalue weighted by atomic mass is 79.9.